The summed E-state index contributed by atoms with van der Waals surface area (Å²) in [6.07, 6.45) is 0.850. The second kappa shape index (κ2) is 5.75. The van der Waals surface area contributed by atoms with Crippen LogP contribution in [-0.2, 0) is 4.79 Å². The Morgan fingerprint density at radius 1 is 1.35 bits per heavy atom. The van der Waals surface area contributed by atoms with Crippen LogP contribution < -0.4 is 10.6 Å². The van der Waals surface area contributed by atoms with Crippen molar-refractivity contribution in [3.8, 4) is 0 Å². The molecule has 4 heteroatoms. The molecule has 0 saturated carbocycles. The largest absolute Gasteiger partial charge is 0.326 e. The Hall–Kier alpha value is -1.68. The van der Waals surface area contributed by atoms with E-state index in [2.05, 4.69) is 24.5 Å². The van der Waals surface area contributed by atoms with Crippen molar-refractivity contribution in [1.82, 2.24) is 5.32 Å². The van der Waals surface area contributed by atoms with Gasteiger partial charge in [-0.3, -0.25) is 9.59 Å². The minimum absolute atomic E-state index is 0.00204. The highest BCUT2D eigenvalue weighted by atomic mass is 16.2. The third kappa shape index (κ3) is 2.75. The Kier molecular flexibility index (Phi) is 4.23. The van der Waals surface area contributed by atoms with Gasteiger partial charge in [0.2, 0.25) is 5.91 Å². The molecule has 0 radical (unpaired) electrons. The molecule has 0 spiro atoms. The van der Waals surface area contributed by atoms with Crippen molar-refractivity contribution in [2.45, 2.75) is 27.2 Å². The van der Waals surface area contributed by atoms with Gasteiger partial charge in [0.05, 0.1) is 5.41 Å². The van der Waals surface area contributed by atoms with Crippen molar-refractivity contribution in [3.63, 3.8) is 0 Å². The molecule has 1 aromatic rings. The van der Waals surface area contributed by atoms with Crippen LogP contribution in [0.5, 0.6) is 0 Å². The van der Waals surface area contributed by atoms with Crippen LogP contribution in [0.25, 0.3) is 0 Å². The number of anilines is 1. The van der Waals surface area contributed by atoms with Crippen LogP contribution in [-0.4, -0.2) is 24.8 Å². The Morgan fingerprint density at radius 3 is 2.65 bits per heavy atom. The predicted molar refractivity (Wildman–Crippen MR) is 79.8 cm³/mol. The Bertz CT molecular complexity index is 517. The minimum Gasteiger partial charge on any atom is -0.326 e. The Labute approximate surface area is 119 Å². The topological polar surface area (TPSA) is 58.2 Å². The monoisotopic (exact) mass is 274 g/mol. The Morgan fingerprint density at radius 2 is 2.10 bits per heavy atom. The van der Waals surface area contributed by atoms with Gasteiger partial charge < -0.3 is 10.6 Å². The van der Waals surface area contributed by atoms with Crippen molar-refractivity contribution < 1.29 is 9.59 Å². The molecular weight excluding hydrogens is 252 g/mol. The molecule has 1 fully saturated rings. The Balaban J connectivity index is 2.18. The first-order valence-corrected chi connectivity index (χ1v) is 7.09. The lowest BCUT2D eigenvalue weighted by molar-refractivity contribution is -0.126. The number of carbonyl (C=O) groups excluding carboxylic acids is 2. The van der Waals surface area contributed by atoms with Crippen LogP contribution in [0.3, 0.4) is 0 Å². The molecule has 20 heavy (non-hydrogen) atoms. The molecule has 1 saturated heterocycles. The molecule has 2 N–H and O–H groups in total. The highest BCUT2D eigenvalue weighted by Crippen LogP contribution is 2.35. The van der Waals surface area contributed by atoms with Crippen LogP contribution in [0, 0.1) is 11.3 Å². The second-order valence-corrected chi connectivity index (χ2v) is 5.83. The fourth-order valence-electron chi connectivity index (χ4n) is 2.73. The van der Waals surface area contributed by atoms with Gasteiger partial charge in [-0.05, 0) is 37.9 Å². The zero-order valence-corrected chi connectivity index (χ0v) is 12.3. The SMILES string of the molecule is CC(=O)c1cccc(NC(=O)C2(C(C)C)CCNC2)c1. The standard InChI is InChI=1S/C16H22N2O2/c1-11(2)16(7-8-17-10-16)15(20)18-14-6-4-5-13(9-14)12(3)19/h4-6,9,11,17H,7-8,10H2,1-3H3,(H,18,20). The highest BCUT2D eigenvalue weighted by Gasteiger charge is 2.43. The summed E-state index contributed by atoms with van der Waals surface area (Å²) in [4.78, 5) is 24.0. The third-order valence-corrected chi connectivity index (χ3v) is 4.27. The molecule has 1 aliphatic rings. The van der Waals surface area contributed by atoms with Crippen LogP contribution in [0.15, 0.2) is 24.3 Å². The van der Waals surface area contributed by atoms with E-state index in [0.29, 0.717) is 17.8 Å². The summed E-state index contributed by atoms with van der Waals surface area (Å²) in [6, 6.07) is 7.10. The van der Waals surface area contributed by atoms with E-state index in [9.17, 15) is 9.59 Å². The normalized spacial score (nSPS) is 22.0. The van der Waals surface area contributed by atoms with E-state index in [1.54, 1.807) is 18.2 Å². The van der Waals surface area contributed by atoms with Gasteiger partial charge in [0, 0.05) is 17.8 Å². The quantitative estimate of drug-likeness (QED) is 0.829. The summed E-state index contributed by atoms with van der Waals surface area (Å²) >= 11 is 0. The van der Waals surface area contributed by atoms with Gasteiger partial charge in [0.1, 0.15) is 0 Å². The van der Waals surface area contributed by atoms with E-state index in [0.717, 1.165) is 13.0 Å². The first-order valence-electron chi connectivity index (χ1n) is 7.09. The summed E-state index contributed by atoms with van der Waals surface area (Å²) in [5.41, 5.74) is 0.951. The summed E-state index contributed by atoms with van der Waals surface area (Å²) < 4.78 is 0. The molecule has 1 atom stereocenters. The molecule has 1 heterocycles. The number of hydrogen-bond acceptors (Lipinski definition) is 3. The number of Topliss-reactive ketones (excluding diaryl/α,β-unsaturated/α-hetero) is 1. The molecule has 1 aromatic carbocycles. The number of nitrogens with one attached hydrogen (secondary N) is 2. The van der Waals surface area contributed by atoms with Crippen molar-refractivity contribution >= 4 is 17.4 Å². The number of carbonyl (C=O) groups is 2. The van der Waals surface area contributed by atoms with Crippen LogP contribution in [0.1, 0.15) is 37.6 Å². The highest BCUT2D eigenvalue weighted by molar-refractivity contribution is 5.99. The molecule has 0 aliphatic carbocycles. The molecule has 108 valence electrons. The van der Waals surface area contributed by atoms with E-state index in [-0.39, 0.29) is 23.0 Å². The zero-order chi connectivity index (χ0) is 14.8. The van der Waals surface area contributed by atoms with Crippen LogP contribution >= 0.6 is 0 Å². The average molecular weight is 274 g/mol. The minimum atomic E-state index is -0.355. The lowest BCUT2D eigenvalue weighted by atomic mass is 9.75. The fraction of sp³-hybridized carbons (Fsp3) is 0.500. The molecule has 0 bridgehead atoms. The lowest BCUT2D eigenvalue weighted by Gasteiger charge is -2.31. The molecule has 4 nitrogen and oxygen atoms in total. The lowest BCUT2D eigenvalue weighted by Crippen LogP contribution is -2.42. The number of ketones is 1. The van der Waals surface area contributed by atoms with Gasteiger partial charge >= 0.3 is 0 Å². The fourth-order valence-corrected chi connectivity index (χ4v) is 2.73. The molecule has 2 rings (SSSR count). The number of benzene rings is 1. The summed E-state index contributed by atoms with van der Waals surface area (Å²) in [5.74, 6) is 0.314. The summed E-state index contributed by atoms with van der Waals surface area (Å²) in [5, 5.41) is 6.25. The van der Waals surface area contributed by atoms with Crippen molar-refractivity contribution in [3.05, 3.63) is 29.8 Å². The van der Waals surface area contributed by atoms with Crippen LogP contribution in [0.2, 0.25) is 0 Å². The molecule has 1 aliphatic heterocycles. The van der Waals surface area contributed by atoms with Crippen molar-refractivity contribution in [1.29, 1.82) is 0 Å². The van der Waals surface area contributed by atoms with E-state index in [4.69, 9.17) is 0 Å². The van der Waals surface area contributed by atoms with E-state index in [1.807, 2.05) is 6.07 Å². The van der Waals surface area contributed by atoms with Crippen LogP contribution in [0.4, 0.5) is 5.69 Å². The average Bonchev–Trinajstić information content (AvgIpc) is 2.89. The van der Waals surface area contributed by atoms with Gasteiger partial charge in [0.25, 0.3) is 0 Å². The van der Waals surface area contributed by atoms with Crippen molar-refractivity contribution in [2.24, 2.45) is 11.3 Å². The first kappa shape index (κ1) is 14.7. The molecule has 0 aromatic heterocycles. The molecular formula is C16H22N2O2. The third-order valence-electron chi connectivity index (χ3n) is 4.27. The van der Waals surface area contributed by atoms with Gasteiger partial charge in [0.15, 0.2) is 5.78 Å². The maximum Gasteiger partial charge on any atom is 0.232 e. The number of rotatable bonds is 4. The first-order chi connectivity index (χ1) is 9.45. The van der Waals surface area contributed by atoms with E-state index in [1.165, 1.54) is 6.92 Å². The number of amides is 1. The molecule has 1 amide bonds. The van der Waals surface area contributed by atoms with E-state index >= 15 is 0 Å². The summed E-state index contributed by atoms with van der Waals surface area (Å²) in [7, 11) is 0. The molecule has 1 unspecified atom stereocenters. The number of hydrogen-bond donors (Lipinski definition) is 2. The maximum absolute atomic E-state index is 12.6. The van der Waals surface area contributed by atoms with Gasteiger partial charge in [-0.25, -0.2) is 0 Å². The summed E-state index contributed by atoms with van der Waals surface area (Å²) in [6.45, 7) is 7.27. The second-order valence-electron chi connectivity index (χ2n) is 5.83. The smallest absolute Gasteiger partial charge is 0.232 e. The van der Waals surface area contributed by atoms with Gasteiger partial charge in [-0.1, -0.05) is 26.0 Å². The van der Waals surface area contributed by atoms with Gasteiger partial charge in [-0.15, -0.1) is 0 Å². The van der Waals surface area contributed by atoms with Crippen molar-refractivity contribution in [2.75, 3.05) is 18.4 Å². The van der Waals surface area contributed by atoms with Gasteiger partial charge in [-0.2, -0.15) is 0 Å². The maximum atomic E-state index is 12.6. The predicted octanol–water partition coefficient (Wildman–Crippen LogP) is 2.46. The van der Waals surface area contributed by atoms with E-state index < -0.39 is 0 Å². The zero-order valence-electron chi connectivity index (χ0n) is 12.3.